The van der Waals surface area contributed by atoms with E-state index < -0.39 is 20.9 Å². The molecule has 1 rings (SSSR count). The van der Waals surface area contributed by atoms with Gasteiger partial charge in [0.15, 0.2) is 5.78 Å². The highest BCUT2D eigenvalue weighted by Gasteiger charge is 2.44. The van der Waals surface area contributed by atoms with Crippen LogP contribution in [0.1, 0.15) is 34.6 Å². The summed E-state index contributed by atoms with van der Waals surface area (Å²) in [6.07, 6.45) is 2.94. The fourth-order valence-electron chi connectivity index (χ4n) is 2.61. The summed E-state index contributed by atoms with van der Waals surface area (Å²) in [5.41, 5.74) is -0.530. The van der Waals surface area contributed by atoms with Crippen molar-refractivity contribution in [2.45, 2.75) is 40.3 Å². The van der Waals surface area contributed by atoms with Gasteiger partial charge in [0.25, 0.3) is 0 Å². The Hall–Kier alpha value is -0.750. The van der Waals surface area contributed by atoms with Crippen molar-refractivity contribution >= 4 is 21.0 Å². The van der Waals surface area contributed by atoms with E-state index in [4.69, 9.17) is 18.1 Å². The SMILES string of the molecule is CCOP(=O)(OCC)C1=CC(P(=O)(OCC)OCC)C(C(C)=O)=CN1C. The lowest BCUT2D eigenvalue weighted by Gasteiger charge is -2.34. The first-order valence-corrected chi connectivity index (χ1v) is 11.8. The molecule has 0 radical (unpaired) electrons. The Morgan fingerprint density at radius 1 is 1.00 bits per heavy atom. The second-order valence-electron chi connectivity index (χ2n) is 5.43. The molecule has 8 nitrogen and oxygen atoms in total. The molecule has 0 amide bonds. The lowest BCUT2D eigenvalue weighted by atomic mass is 10.1. The Balaban J connectivity index is 3.53. The van der Waals surface area contributed by atoms with E-state index in [1.807, 2.05) is 0 Å². The smallest absolute Gasteiger partial charge is 0.344 e. The molecule has 0 aromatic carbocycles. The van der Waals surface area contributed by atoms with Crippen molar-refractivity contribution in [3.05, 3.63) is 23.3 Å². The van der Waals surface area contributed by atoms with E-state index in [1.54, 1.807) is 34.7 Å². The summed E-state index contributed by atoms with van der Waals surface area (Å²) in [4.78, 5) is 13.6. The Morgan fingerprint density at radius 2 is 1.46 bits per heavy atom. The minimum atomic E-state index is -3.70. The van der Waals surface area contributed by atoms with E-state index in [0.717, 1.165) is 0 Å². The van der Waals surface area contributed by atoms with E-state index in [1.165, 1.54) is 24.1 Å². The van der Waals surface area contributed by atoms with Crippen LogP contribution in [0.4, 0.5) is 0 Å². The predicted octanol–water partition coefficient (Wildman–Crippen LogP) is 4.15. The van der Waals surface area contributed by atoms with Gasteiger partial charge < -0.3 is 23.0 Å². The van der Waals surface area contributed by atoms with Gasteiger partial charge in [-0.1, -0.05) is 0 Å². The minimum Gasteiger partial charge on any atom is -0.344 e. The number of carbonyl (C=O) groups excluding carboxylic acids is 1. The van der Waals surface area contributed by atoms with Crippen LogP contribution in [0.3, 0.4) is 0 Å². The first kappa shape index (κ1) is 23.3. The van der Waals surface area contributed by atoms with E-state index >= 15 is 0 Å². The highest BCUT2D eigenvalue weighted by atomic mass is 31.2. The number of hydrogen-bond donors (Lipinski definition) is 0. The minimum absolute atomic E-state index is 0.145. The molecular weight excluding hydrogens is 380 g/mol. The maximum atomic E-state index is 13.3. The van der Waals surface area contributed by atoms with Crippen LogP contribution in [0, 0.1) is 0 Å². The number of carbonyl (C=O) groups is 1. The van der Waals surface area contributed by atoms with Gasteiger partial charge in [0.05, 0.1) is 26.4 Å². The lowest BCUT2D eigenvalue weighted by molar-refractivity contribution is -0.113. The molecule has 0 aromatic rings. The van der Waals surface area contributed by atoms with Gasteiger partial charge in [0.2, 0.25) is 0 Å². The Morgan fingerprint density at radius 3 is 1.85 bits per heavy atom. The van der Waals surface area contributed by atoms with Gasteiger partial charge in [-0.25, -0.2) is 0 Å². The number of nitrogens with zero attached hydrogens (tertiary/aromatic N) is 1. The van der Waals surface area contributed by atoms with E-state index in [-0.39, 0.29) is 43.2 Å². The molecule has 0 fully saturated rings. The van der Waals surface area contributed by atoms with Gasteiger partial charge in [-0.2, -0.15) is 0 Å². The predicted molar refractivity (Wildman–Crippen MR) is 100 cm³/mol. The number of Topliss-reactive ketones (excluding diaryl/α,β-unsaturated/α-hetero) is 1. The fraction of sp³-hybridized carbons (Fsp3) is 0.688. The maximum Gasteiger partial charge on any atom is 0.377 e. The van der Waals surface area contributed by atoms with Crippen LogP contribution < -0.4 is 0 Å². The van der Waals surface area contributed by atoms with Gasteiger partial charge >= 0.3 is 15.2 Å². The molecule has 0 N–H and O–H groups in total. The first-order valence-electron chi connectivity index (χ1n) is 8.64. The van der Waals surface area contributed by atoms with E-state index in [2.05, 4.69) is 0 Å². The maximum absolute atomic E-state index is 13.3. The second kappa shape index (κ2) is 9.98. The summed E-state index contributed by atoms with van der Waals surface area (Å²) in [6, 6.07) is 0. The molecule has 0 bridgehead atoms. The lowest BCUT2D eigenvalue weighted by Crippen LogP contribution is -2.28. The standard InChI is InChI=1S/C16H29NO7P2/c1-7-21-25(19,22-8-2)15-11-16(17(6)12-14(15)13(5)18)26(20,23-9-3)24-10-4/h11-12,15H,7-10H2,1-6H3. The monoisotopic (exact) mass is 409 g/mol. The Bertz CT molecular complexity index is 639. The van der Waals surface area contributed by atoms with Gasteiger partial charge in [-0.05, 0) is 40.7 Å². The molecule has 0 spiro atoms. The zero-order valence-electron chi connectivity index (χ0n) is 16.3. The fourth-order valence-corrected chi connectivity index (χ4v) is 6.55. The summed E-state index contributed by atoms with van der Waals surface area (Å²) in [5, 5.41) is 0. The van der Waals surface area contributed by atoms with Crippen LogP contribution in [-0.4, -0.2) is 49.8 Å². The summed E-state index contributed by atoms with van der Waals surface area (Å²) >= 11 is 0. The van der Waals surface area contributed by atoms with Crippen molar-refractivity contribution < 1.29 is 32.0 Å². The average molecular weight is 409 g/mol. The zero-order valence-corrected chi connectivity index (χ0v) is 18.0. The van der Waals surface area contributed by atoms with Crippen LogP contribution in [0.15, 0.2) is 23.3 Å². The van der Waals surface area contributed by atoms with Crippen LogP contribution in [0.2, 0.25) is 0 Å². The third kappa shape index (κ3) is 5.16. The average Bonchev–Trinajstić information content (AvgIpc) is 2.55. The molecule has 0 aromatic heterocycles. The van der Waals surface area contributed by atoms with Crippen molar-refractivity contribution in [3.63, 3.8) is 0 Å². The van der Waals surface area contributed by atoms with Gasteiger partial charge in [-0.15, -0.1) is 0 Å². The molecular formula is C16H29NO7P2. The van der Waals surface area contributed by atoms with Crippen LogP contribution in [-0.2, 0) is 32.0 Å². The molecule has 1 unspecified atom stereocenters. The van der Waals surface area contributed by atoms with Crippen molar-refractivity contribution in [2.75, 3.05) is 33.5 Å². The number of allylic oxidation sites excluding steroid dienone is 2. The van der Waals surface area contributed by atoms with Crippen molar-refractivity contribution in [2.24, 2.45) is 0 Å². The van der Waals surface area contributed by atoms with Crippen LogP contribution in [0.5, 0.6) is 0 Å². The molecule has 1 atom stereocenters. The highest BCUT2D eigenvalue weighted by molar-refractivity contribution is 7.58. The molecule has 1 heterocycles. The summed E-state index contributed by atoms with van der Waals surface area (Å²) < 4.78 is 48.1. The van der Waals surface area contributed by atoms with E-state index in [0.29, 0.717) is 0 Å². The second-order valence-corrected chi connectivity index (χ2v) is 9.55. The topological polar surface area (TPSA) is 91.4 Å². The summed E-state index contributed by atoms with van der Waals surface area (Å²) in [7, 11) is -5.73. The molecule has 0 saturated carbocycles. The highest BCUT2D eigenvalue weighted by Crippen LogP contribution is 2.63. The molecule has 1 aliphatic rings. The molecule has 26 heavy (non-hydrogen) atoms. The van der Waals surface area contributed by atoms with Gasteiger partial charge in [0.1, 0.15) is 11.1 Å². The molecule has 150 valence electrons. The van der Waals surface area contributed by atoms with Crippen molar-refractivity contribution in [1.29, 1.82) is 0 Å². The number of ketones is 1. The summed E-state index contributed by atoms with van der Waals surface area (Å²) in [5.74, 6) is -0.278. The van der Waals surface area contributed by atoms with Crippen molar-refractivity contribution in [3.8, 4) is 0 Å². The Kier molecular flexibility index (Phi) is 8.94. The summed E-state index contributed by atoms with van der Waals surface area (Å²) in [6.45, 7) is 8.79. The molecule has 0 aliphatic carbocycles. The van der Waals surface area contributed by atoms with E-state index in [9.17, 15) is 13.9 Å². The van der Waals surface area contributed by atoms with Gasteiger partial charge in [0, 0.05) is 18.8 Å². The third-order valence-corrected chi connectivity index (χ3v) is 8.13. The molecule has 0 saturated heterocycles. The Labute approximate surface area is 155 Å². The molecule has 10 heteroatoms. The van der Waals surface area contributed by atoms with Gasteiger partial charge in [-0.3, -0.25) is 13.9 Å². The third-order valence-electron chi connectivity index (χ3n) is 3.56. The number of hydrogen-bond acceptors (Lipinski definition) is 8. The zero-order chi connectivity index (χ0) is 20.0. The number of rotatable bonds is 11. The quantitative estimate of drug-likeness (QED) is 0.470. The first-order chi connectivity index (χ1) is 12.2. The van der Waals surface area contributed by atoms with Crippen molar-refractivity contribution in [1.82, 2.24) is 4.90 Å². The van der Waals surface area contributed by atoms with Crippen LogP contribution in [0.25, 0.3) is 0 Å². The van der Waals surface area contributed by atoms with Crippen LogP contribution >= 0.6 is 15.2 Å². The normalized spacial score (nSPS) is 18.5. The largest absolute Gasteiger partial charge is 0.377 e. The molecule has 1 aliphatic heterocycles.